The Morgan fingerprint density at radius 3 is 3.00 bits per heavy atom. The van der Waals surface area contributed by atoms with Gasteiger partial charge in [0.25, 0.3) is 0 Å². The number of hydrogen-bond acceptors (Lipinski definition) is 1. The molecule has 0 aromatic rings. The first-order chi connectivity index (χ1) is 4.50. The van der Waals surface area contributed by atoms with E-state index in [0.29, 0.717) is 0 Å². The Balaban J connectivity index is 2.15. The number of hydrogen-bond donors (Lipinski definition) is 0. The molecule has 1 heterocycles. The summed E-state index contributed by atoms with van der Waals surface area (Å²) in [6.45, 7) is 1.77. The van der Waals surface area contributed by atoms with Crippen molar-refractivity contribution in [1.82, 2.24) is 0 Å². The SMILES string of the molecule is C1=C\COCCCCC/1. The summed E-state index contributed by atoms with van der Waals surface area (Å²) in [5, 5.41) is 0. The average molecular weight is 126 g/mol. The van der Waals surface area contributed by atoms with E-state index in [9.17, 15) is 0 Å². The molecule has 1 rings (SSSR count). The van der Waals surface area contributed by atoms with Gasteiger partial charge in [-0.2, -0.15) is 0 Å². The summed E-state index contributed by atoms with van der Waals surface area (Å²) in [4.78, 5) is 0. The Hall–Kier alpha value is -0.300. The van der Waals surface area contributed by atoms with Crippen LogP contribution in [-0.2, 0) is 4.74 Å². The van der Waals surface area contributed by atoms with Gasteiger partial charge < -0.3 is 4.74 Å². The van der Waals surface area contributed by atoms with Gasteiger partial charge >= 0.3 is 0 Å². The molecular weight excluding hydrogens is 112 g/mol. The van der Waals surface area contributed by atoms with Crippen molar-refractivity contribution in [2.75, 3.05) is 13.2 Å². The normalized spacial score (nSPS) is 25.8. The van der Waals surface area contributed by atoms with Gasteiger partial charge in [-0.3, -0.25) is 0 Å². The highest BCUT2D eigenvalue weighted by Crippen LogP contribution is 2.02. The zero-order valence-corrected chi connectivity index (χ0v) is 5.81. The van der Waals surface area contributed by atoms with E-state index in [1.165, 1.54) is 25.7 Å². The fourth-order valence-corrected chi connectivity index (χ4v) is 0.980. The summed E-state index contributed by atoms with van der Waals surface area (Å²) in [7, 11) is 0. The van der Waals surface area contributed by atoms with Crippen molar-refractivity contribution in [1.29, 1.82) is 0 Å². The molecule has 0 amide bonds. The van der Waals surface area contributed by atoms with Crippen molar-refractivity contribution in [3.05, 3.63) is 12.2 Å². The van der Waals surface area contributed by atoms with E-state index in [4.69, 9.17) is 4.74 Å². The van der Waals surface area contributed by atoms with Gasteiger partial charge in [0.15, 0.2) is 0 Å². The Kier molecular flexibility index (Phi) is 3.46. The molecule has 0 N–H and O–H groups in total. The highest BCUT2D eigenvalue weighted by Gasteiger charge is 1.90. The predicted molar refractivity (Wildman–Crippen MR) is 38.4 cm³/mol. The minimum Gasteiger partial charge on any atom is -0.377 e. The van der Waals surface area contributed by atoms with E-state index >= 15 is 0 Å². The first-order valence-electron chi connectivity index (χ1n) is 3.73. The number of allylic oxidation sites excluding steroid dienone is 1. The molecule has 0 atom stereocenters. The van der Waals surface area contributed by atoms with Crippen LogP contribution in [0.5, 0.6) is 0 Å². The third-order valence-electron chi connectivity index (χ3n) is 1.54. The molecule has 0 radical (unpaired) electrons. The van der Waals surface area contributed by atoms with Gasteiger partial charge in [-0.25, -0.2) is 0 Å². The monoisotopic (exact) mass is 126 g/mol. The molecule has 0 aliphatic carbocycles. The second-order valence-electron chi connectivity index (χ2n) is 2.40. The van der Waals surface area contributed by atoms with Crippen LogP contribution < -0.4 is 0 Å². The minimum atomic E-state index is 0.819. The smallest absolute Gasteiger partial charge is 0.0647 e. The summed E-state index contributed by atoms with van der Waals surface area (Å²) in [5.74, 6) is 0. The van der Waals surface area contributed by atoms with E-state index < -0.39 is 0 Å². The summed E-state index contributed by atoms with van der Waals surface area (Å²) in [6.07, 6.45) is 9.46. The quantitative estimate of drug-likeness (QED) is 0.452. The fraction of sp³-hybridized carbons (Fsp3) is 0.750. The zero-order valence-electron chi connectivity index (χ0n) is 5.81. The van der Waals surface area contributed by atoms with E-state index in [1.54, 1.807) is 0 Å². The van der Waals surface area contributed by atoms with Crippen molar-refractivity contribution < 1.29 is 4.74 Å². The van der Waals surface area contributed by atoms with E-state index in [2.05, 4.69) is 12.2 Å². The molecule has 1 aliphatic heterocycles. The van der Waals surface area contributed by atoms with Gasteiger partial charge in [-0.05, 0) is 19.3 Å². The third kappa shape index (κ3) is 3.31. The van der Waals surface area contributed by atoms with Crippen LogP contribution >= 0.6 is 0 Å². The first-order valence-corrected chi connectivity index (χ1v) is 3.73. The van der Waals surface area contributed by atoms with Gasteiger partial charge in [-0.1, -0.05) is 18.6 Å². The second-order valence-corrected chi connectivity index (χ2v) is 2.40. The first kappa shape index (κ1) is 6.81. The lowest BCUT2D eigenvalue weighted by molar-refractivity contribution is 0.158. The number of ether oxygens (including phenoxy) is 1. The molecule has 0 aromatic heterocycles. The summed E-state index contributed by atoms with van der Waals surface area (Å²) in [6, 6.07) is 0. The summed E-state index contributed by atoms with van der Waals surface area (Å²) < 4.78 is 5.27. The topological polar surface area (TPSA) is 9.23 Å². The average Bonchev–Trinajstić information content (AvgIpc) is 2.00. The maximum Gasteiger partial charge on any atom is 0.0647 e. The highest BCUT2D eigenvalue weighted by atomic mass is 16.5. The fourth-order valence-electron chi connectivity index (χ4n) is 0.980. The van der Waals surface area contributed by atoms with Gasteiger partial charge in [0.05, 0.1) is 6.61 Å². The molecule has 1 nitrogen and oxygen atoms in total. The van der Waals surface area contributed by atoms with Crippen molar-refractivity contribution in [2.24, 2.45) is 0 Å². The Morgan fingerprint density at radius 1 is 1.00 bits per heavy atom. The standard InChI is InChI=1S/C8H14O/c1-2-4-6-8-9-7-5-3-1/h3,5H,1-2,4,6-8H2/b5-3-. The van der Waals surface area contributed by atoms with Crippen molar-refractivity contribution >= 4 is 0 Å². The molecule has 0 spiro atoms. The molecule has 52 valence electrons. The zero-order chi connectivity index (χ0) is 6.36. The number of rotatable bonds is 0. The van der Waals surface area contributed by atoms with Crippen molar-refractivity contribution in [3.8, 4) is 0 Å². The molecule has 1 heteroatoms. The molecule has 1 aliphatic rings. The Morgan fingerprint density at radius 2 is 2.00 bits per heavy atom. The van der Waals surface area contributed by atoms with Crippen LogP contribution in [0.4, 0.5) is 0 Å². The molecule has 0 saturated heterocycles. The van der Waals surface area contributed by atoms with Crippen LogP contribution in [0.1, 0.15) is 25.7 Å². The van der Waals surface area contributed by atoms with Gasteiger partial charge in [0.2, 0.25) is 0 Å². The van der Waals surface area contributed by atoms with Gasteiger partial charge in [0, 0.05) is 6.61 Å². The summed E-state index contributed by atoms with van der Waals surface area (Å²) in [5.41, 5.74) is 0. The third-order valence-corrected chi connectivity index (χ3v) is 1.54. The molecule has 0 saturated carbocycles. The molecule has 0 unspecified atom stereocenters. The largest absolute Gasteiger partial charge is 0.377 e. The van der Waals surface area contributed by atoms with Crippen LogP contribution in [0.3, 0.4) is 0 Å². The maximum atomic E-state index is 5.27. The van der Waals surface area contributed by atoms with Crippen molar-refractivity contribution in [3.63, 3.8) is 0 Å². The Bertz CT molecular complexity index is 76.6. The lowest BCUT2D eigenvalue weighted by atomic mass is 10.2. The van der Waals surface area contributed by atoms with Crippen LogP contribution in [-0.4, -0.2) is 13.2 Å². The van der Waals surface area contributed by atoms with Gasteiger partial charge in [0.1, 0.15) is 0 Å². The predicted octanol–water partition coefficient (Wildman–Crippen LogP) is 2.13. The van der Waals surface area contributed by atoms with Crippen LogP contribution in [0, 0.1) is 0 Å². The minimum absolute atomic E-state index is 0.819. The van der Waals surface area contributed by atoms with Gasteiger partial charge in [-0.15, -0.1) is 0 Å². The van der Waals surface area contributed by atoms with Crippen LogP contribution in [0.15, 0.2) is 12.2 Å². The molecule has 0 fully saturated rings. The van der Waals surface area contributed by atoms with Crippen molar-refractivity contribution in [2.45, 2.75) is 25.7 Å². The van der Waals surface area contributed by atoms with E-state index in [0.717, 1.165) is 13.2 Å². The van der Waals surface area contributed by atoms with E-state index in [1.807, 2.05) is 0 Å². The Labute approximate surface area is 56.7 Å². The molecule has 0 bridgehead atoms. The lowest BCUT2D eigenvalue weighted by Crippen LogP contribution is -1.92. The van der Waals surface area contributed by atoms with Crippen LogP contribution in [0.2, 0.25) is 0 Å². The molecular formula is C8H14O. The summed E-state index contributed by atoms with van der Waals surface area (Å²) >= 11 is 0. The maximum absolute atomic E-state index is 5.27. The molecule has 0 aromatic carbocycles. The lowest BCUT2D eigenvalue weighted by Gasteiger charge is -1.96. The molecule has 9 heavy (non-hydrogen) atoms. The van der Waals surface area contributed by atoms with E-state index in [-0.39, 0.29) is 0 Å². The van der Waals surface area contributed by atoms with Crippen LogP contribution in [0.25, 0.3) is 0 Å². The second kappa shape index (κ2) is 4.57. The highest BCUT2D eigenvalue weighted by molar-refractivity contribution is 4.81.